The molecule has 0 saturated carbocycles. The van der Waals surface area contributed by atoms with Crippen LogP contribution in [-0.4, -0.2) is 62.3 Å². The molecule has 1 aliphatic rings. The van der Waals surface area contributed by atoms with Crippen LogP contribution in [0.1, 0.15) is 10.4 Å². The van der Waals surface area contributed by atoms with Crippen molar-refractivity contribution in [3.8, 4) is 11.3 Å². The number of hydrogen-bond acceptors (Lipinski definition) is 5. The van der Waals surface area contributed by atoms with Crippen molar-refractivity contribution in [3.05, 3.63) is 54.4 Å². The van der Waals surface area contributed by atoms with Crippen LogP contribution in [0.25, 0.3) is 16.9 Å². The summed E-state index contributed by atoms with van der Waals surface area (Å²) in [5.74, 6) is -1.38. The predicted octanol–water partition coefficient (Wildman–Crippen LogP) is 1.32. The molecule has 0 bridgehead atoms. The largest absolute Gasteiger partial charge is 0.479 e. The SMILES string of the molecule is O=C(O)C1CN(C(=O)c2cnn3c(-c4ccccc4)ccnc23)CCO1. The summed E-state index contributed by atoms with van der Waals surface area (Å²) in [7, 11) is 0. The number of carbonyl (C=O) groups is 2. The highest BCUT2D eigenvalue weighted by atomic mass is 16.5. The molecule has 8 heteroatoms. The van der Waals surface area contributed by atoms with Gasteiger partial charge in [0.25, 0.3) is 5.91 Å². The maximum Gasteiger partial charge on any atom is 0.334 e. The van der Waals surface area contributed by atoms with Gasteiger partial charge >= 0.3 is 5.97 Å². The maximum atomic E-state index is 12.9. The van der Waals surface area contributed by atoms with Gasteiger partial charge in [-0.05, 0) is 6.07 Å². The minimum Gasteiger partial charge on any atom is -0.479 e. The van der Waals surface area contributed by atoms with Crippen molar-refractivity contribution in [2.24, 2.45) is 0 Å². The molecule has 4 rings (SSSR count). The Labute approximate surface area is 148 Å². The fraction of sp³-hybridized carbons (Fsp3) is 0.222. The molecule has 1 saturated heterocycles. The number of carboxylic acids is 1. The zero-order valence-corrected chi connectivity index (χ0v) is 13.8. The first-order valence-electron chi connectivity index (χ1n) is 8.17. The normalized spacial score (nSPS) is 17.4. The number of rotatable bonds is 3. The van der Waals surface area contributed by atoms with Crippen molar-refractivity contribution in [2.45, 2.75) is 6.10 Å². The molecular formula is C18H16N4O4. The maximum absolute atomic E-state index is 12.9. The van der Waals surface area contributed by atoms with Gasteiger partial charge in [-0.3, -0.25) is 4.79 Å². The number of carbonyl (C=O) groups excluding carboxylic acids is 1. The Balaban J connectivity index is 1.70. The van der Waals surface area contributed by atoms with Gasteiger partial charge in [0, 0.05) is 18.3 Å². The standard InChI is InChI=1S/C18H16N4O4/c23-17(21-8-9-26-15(11-21)18(24)25)13-10-20-22-14(6-7-19-16(13)22)12-4-2-1-3-5-12/h1-7,10,15H,8-9,11H2,(H,24,25). The first kappa shape index (κ1) is 16.2. The molecule has 1 aromatic carbocycles. The van der Waals surface area contributed by atoms with Gasteiger partial charge in [0.2, 0.25) is 0 Å². The molecule has 26 heavy (non-hydrogen) atoms. The number of amides is 1. The third-order valence-corrected chi connectivity index (χ3v) is 4.33. The van der Waals surface area contributed by atoms with Crippen LogP contribution in [0.5, 0.6) is 0 Å². The Morgan fingerprint density at radius 1 is 1.19 bits per heavy atom. The second-order valence-electron chi connectivity index (χ2n) is 5.94. The Bertz CT molecular complexity index is 970. The van der Waals surface area contributed by atoms with Gasteiger partial charge in [-0.1, -0.05) is 30.3 Å². The van der Waals surface area contributed by atoms with Crippen LogP contribution >= 0.6 is 0 Å². The molecule has 2 aromatic heterocycles. The van der Waals surface area contributed by atoms with Crippen molar-refractivity contribution < 1.29 is 19.4 Å². The molecule has 0 radical (unpaired) electrons. The summed E-state index contributed by atoms with van der Waals surface area (Å²) in [5.41, 5.74) is 2.56. The number of hydrogen-bond donors (Lipinski definition) is 1. The molecule has 1 unspecified atom stereocenters. The van der Waals surface area contributed by atoms with E-state index in [4.69, 9.17) is 9.84 Å². The number of aliphatic carboxylic acids is 1. The Morgan fingerprint density at radius 3 is 2.77 bits per heavy atom. The van der Waals surface area contributed by atoms with Crippen molar-refractivity contribution >= 4 is 17.5 Å². The lowest BCUT2D eigenvalue weighted by molar-refractivity contribution is -0.154. The van der Waals surface area contributed by atoms with Crippen molar-refractivity contribution in [1.29, 1.82) is 0 Å². The number of nitrogens with zero attached hydrogens (tertiary/aromatic N) is 4. The van der Waals surface area contributed by atoms with Crippen LogP contribution in [0.3, 0.4) is 0 Å². The number of ether oxygens (including phenoxy) is 1. The van der Waals surface area contributed by atoms with Gasteiger partial charge in [-0.2, -0.15) is 5.10 Å². The highest BCUT2D eigenvalue weighted by Crippen LogP contribution is 2.21. The summed E-state index contributed by atoms with van der Waals surface area (Å²) in [6.07, 6.45) is 2.10. The summed E-state index contributed by atoms with van der Waals surface area (Å²) >= 11 is 0. The average Bonchev–Trinajstić information content (AvgIpc) is 3.12. The number of morpholine rings is 1. The van der Waals surface area contributed by atoms with E-state index in [1.165, 1.54) is 11.1 Å². The topological polar surface area (TPSA) is 97.0 Å². The Morgan fingerprint density at radius 2 is 2.00 bits per heavy atom. The average molecular weight is 352 g/mol. The van der Waals surface area contributed by atoms with Gasteiger partial charge < -0.3 is 14.7 Å². The van der Waals surface area contributed by atoms with Crippen LogP contribution < -0.4 is 0 Å². The second-order valence-corrected chi connectivity index (χ2v) is 5.94. The lowest BCUT2D eigenvalue weighted by Gasteiger charge is -2.30. The lowest BCUT2D eigenvalue weighted by Crippen LogP contribution is -2.48. The summed E-state index contributed by atoms with van der Waals surface area (Å²) in [4.78, 5) is 29.8. The Kier molecular flexibility index (Phi) is 4.10. The predicted molar refractivity (Wildman–Crippen MR) is 91.7 cm³/mol. The van der Waals surface area contributed by atoms with E-state index in [9.17, 15) is 9.59 Å². The third kappa shape index (κ3) is 2.80. The minimum absolute atomic E-state index is 0.00385. The summed E-state index contributed by atoms with van der Waals surface area (Å²) in [5, 5.41) is 13.4. The van der Waals surface area contributed by atoms with E-state index < -0.39 is 12.1 Å². The number of aromatic nitrogens is 3. The summed E-state index contributed by atoms with van der Waals surface area (Å²) < 4.78 is 6.79. The third-order valence-electron chi connectivity index (χ3n) is 4.33. The van der Waals surface area contributed by atoms with Crippen LogP contribution in [0.2, 0.25) is 0 Å². The highest BCUT2D eigenvalue weighted by Gasteiger charge is 2.31. The molecule has 3 aromatic rings. The second kappa shape index (κ2) is 6.57. The molecule has 0 spiro atoms. The van der Waals surface area contributed by atoms with E-state index in [0.29, 0.717) is 17.8 Å². The summed E-state index contributed by atoms with van der Waals surface area (Å²) in [6.45, 7) is 0.521. The molecule has 1 N–H and O–H groups in total. The number of carboxylic acid groups (broad SMARTS) is 1. The van der Waals surface area contributed by atoms with Crippen molar-refractivity contribution in [1.82, 2.24) is 19.5 Å². The van der Waals surface area contributed by atoms with Crippen LogP contribution in [0, 0.1) is 0 Å². The minimum atomic E-state index is -1.08. The van der Waals surface area contributed by atoms with Crippen molar-refractivity contribution in [2.75, 3.05) is 19.7 Å². The molecule has 3 heterocycles. The first-order chi connectivity index (χ1) is 12.6. The zero-order chi connectivity index (χ0) is 18.1. The number of benzene rings is 1. The van der Waals surface area contributed by atoms with E-state index in [1.807, 2.05) is 36.4 Å². The zero-order valence-electron chi connectivity index (χ0n) is 13.8. The molecule has 8 nitrogen and oxygen atoms in total. The lowest BCUT2D eigenvalue weighted by atomic mass is 10.1. The van der Waals surface area contributed by atoms with E-state index in [0.717, 1.165) is 11.3 Å². The van der Waals surface area contributed by atoms with Gasteiger partial charge in [0.1, 0.15) is 5.56 Å². The first-order valence-corrected chi connectivity index (χ1v) is 8.17. The molecule has 1 atom stereocenters. The highest BCUT2D eigenvalue weighted by molar-refractivity contribution is 6.00. The monoisotopic (exact) mass is 352 g/mol. The molecule has 1 amide bonds. The van der Waals surface area contributed by atoms with Crippen molar-refractivity contribution in [3.63, 3.8) is 0 Å². The smallest absolute Gasteiger partial charge is 0.334 e. The van der Waals surface area contributed by atoms with Crippen LogP contribution in [-0.2, 0) is 9.53 Å². The fourth-order valence-corrected chi connectivity index (χ4v) is 3.02. The molecule has 1 fully saturated rings. The fourth-order valence-electron chi connectivity index (χ4n) is 3.02. The number of fused-ring (bicyclic) bond motifs is 1. The van der Waals surface area contributed by atoms with E-state index in [-0.39, 0.29) is 19.1 Å². The quantitative estimate of drug-likeness (QED) is 0.764. The van der Waals surface area contributed by atoms with Gasteiger partial charge in [0.05, 0.1) is 25.0 Å². The molecule has 132 valence electrons. The van der Waals surface area contributed by atoms with E-state index in [2.05, 4.69) is 10.1 Å². The van der Waals surface area contributed by atoms with Crippen LogP contribution in [0.15, 0.2) is 48.8 Å². The Hall–Kier alpha value is -3.26. The molecular weight excluding hydrogens is 336 g/mol. The van der Waals surface area contributed by atoms with Crippen LogP contribution in [0.4, 0.5) is 0 Å². The molecule has 1 aliphatic heterocycles. The van der Waals surface area contributed by atoms with Gasteiger partial charge in [0.15, 0.2) is 11.8 Å². The summed E-state index contributed by atoms with van der Waals surface area (Å²) in [6, 6.07) is 11.5. The van der Waals surface area contributed by atoms with Gasteiger partial charge in [-0.15, -0.1) is 0 Å². The van der Waals surface area contributed by atoms with Gasteiger partial charge in [-0.25, -0.2) is 14.3 Å². The van der Waals surface area contributed by atoms with E-state index >= 15 is 0 Å². The molecule has 0 aliphatic carbocycles. The van der Waals surface area contributed by atoms with E-state index in [1.54, 1.807) is 10.7 Å².